The van der Waals surface area contributed by atoms with E-state index in [1.54, 1.807) is 18.2 Å². The molecule has 3 nitrogen and oxygen atoms in total. The van der Waals surface area contributed by atoms with E-state index in [9.17, 15) is 4.79 Å². The van der Waals surface area contributed by atoms with Gasteiger partial charge in [0.2, 0.25) is 5.91 Å². The van der Waals surface area contributed by atoms with E-state index in [-0.39, 0.29) is 0 Å². The molecular formula is C15H14INO2. The smallest absolute Gasteiger partial charge is 0.248 e. The third-order valence-corrected chi connectivity index (χ3v) is 3.57. The Kier molecular flexibility index (Phi) is 4.42. The molecule has 2 aromatic rings. The summed E-state index contributed by atoms with van der Waals surface area (Å²) < 4.78 is 6.61. The van der Waals surface area contributed by atoms with Gasteiger partial charge in [0.1, 0.15) is 12.4 Å². The number of benzene rings is 2. The molecule has 0 saturated heterocycles. The van der Waals surface area contributed by atoms with E-state index in [0.717, 1.165) is 14.9 Å². The van der Waals surface area contributed by atoms with Crippen molar-refractivity contribution in [2.75, 3.05) is 0 Å². The molecule has 0 spiro atoms. The highest BCUT2D eigenvalue weighted by Crippen LogP contribution is 2.23. The molecule has 0 heterocycles. The fraction of sp³-hybridized carbons (Fsp3) is 0.133. The summed E-state index contributed by atoms with van der Waals surface area (Å²) in [4.78, 5) is 11.1. The van der Waals surface area contributed by atoms with Gasteiger partial charge in [0, 0.05) is 5.56 Å². The molecule has 0 bridgehead atoms. The van der Waals surface area contributed by atoms with Crippen LogP contribution in [0.5, 0.6) is 5.75 Å². The van der Waals surface area contributed by atoms with Crippen molar-refractivity contribution in [3.8, 4) is 5.75 Å². The van der Waals surface area contributed by atoms with Crippen LogP contribution in [0.1, 0.15) is 21.5 Å². The van der Waals surface area contributed by atoms with Gasteiger partial charge in [-0.2, -0.15) is 0 Å². The van der Waals surface area contributed by atoms with Crippen LogP contribution < -0.4 is 10.5 Å². The third-order valence-electron chi connectivity index (χ3n) is 2.73. The van der Waals surface area contributed by atoms with Crippen molar-refractivity contribution in [3.63, 3.8) is 0 Å². The van der Waals surface area contributed by atoms with Gasteiger partial charge in [-0.1, -0.05) is 29.8 Å². The summed E-state index contributed by atoms with van der Waals surface area (Å²) in [6, 6.07) is 13.4. The van der Waals surface area contributed by atoms with Gasteiger partial charge in [-0.25, -0.2) is 0 Å². The summed E-state index contributed by atoms with van der Waals surface area (Å²) in [6.07, 6.45) is 0. The second-order valence-corrected chi connectivity index (χ2v) is 5.45. The molecule has 0 aliphatic heterocycles. The predicted molar refractivity (Wildman–Crippen MR) is 83.2 cm³/mol. The molecule has 2 N–H and O–H groups in total. The first-order valence-electron chi connectivity index (χ1n) is 5.84. The highest BCUT2D eigenvalue weighted by molar-refractivity contribution is 14.1. The van der Waals surface area contributed by atoms with Crippen molar-refractivity contribution in [3.05, 3.63) is 62.7 Å². The fourth-order valence-corrected chi connectivity index (χ4v) is 2.29. The van der Waals surface area contributed by atoms with Crippen LogP contribution in [-0.2, 0) is 6.61 Å². The summed E-state index contributed by atoms with van der Waals surface area (Å²) in [6.45, 7) is 2.56. The molecule has 0 aromatic heterocycles. The molecule has 0 unspecified atom stereocenters. The number of primary amides is 1. The van der Waals surface area contributed by atoms with Crippen molar-refractivity contribution in [1.29, 1.82) is 0 Å². The van der Waals surface area contributed by atoms with E-state index in [1.165, 1.54) is 5.56 Å². The lowest BCUT2D eigenvalue weighted by Gasteiger charge is -2.09. The van der Waals surface area contributed by atoms with Gasteiger partial charge < -0.3 is 10.5 Å². The number of aryl methyl sites for hydroxylation is 1. The second-order valence-electron chi connectivity index (χ2n) is 4.28. The molecule has 0 atom stereocenters. The number of carbonyl (C=O) groups is 1. The minimum Gasteiger partial charge on any atom is -0.488 e. The van der Waals surface area contributed by atoms with Crippen LogP contribution in [0.25, 0.3) is 0 Å². The van der Waals surface area contributed by atoms with Crippen molar-refractivity contribution in [2.45, 2.75) is 13.5 Å². The van der Waals surface area contributed by atoms with E-state index >= 15 is 0 Å². The number of hydrogen-bond donors (Lipinski definition) is 1. The number of halogens is 1. The van der Waals surface area contributed by atoms with Gasteiger partial charge in [0.05, 0.1) is 3.57 Å². The van der Waals surface area contributed by atoms with E-state index in [1.807, 2.05) is 12.1 Å². The maximum Gasteiger partial charge on any atom is 0.248 e. The average Bonchev–Trinajstić information content (AvgIpc) is 2.39. The van der Waals surface area contributed by atoms with E-state index < -0.39 is 5.91 Å². The van der Waals surface area contributed by atoms with Gasteiger partial charge in [0.25, 0.3) is 0 Å². The van der Waals surface area contributed by atoms with Crippen molar-refractivity contribution >= 4 is 28.5 Å². The molecule has 1 amide bonds. The van der Waals surface area contributed by atoms with Crippen LogP contribution in [0.2, 0.25) is 0 Å². The Morgan fingerprint density at radius 2 is 1.89 bits per heavy atom. The number of hydrogen-bond acceptors (Lipinski definition) is 2. The molecule has 0 radical (unpaired) electrons. The van der Waals surface area contributed by atoms with Crippen LogP contribution in [0.3, 0.4) is 0 Å². The van der Waals surface area contributed by atoms with Gasteiger partial charge in [-0.05, 0) is 53.3 Å². The molecule has 0 aliphatic rings. The van der Waals surface area contributed by atoms with Gasteiger partial charge >= 0.3 is 0 Å². The molecule has 19 heavy (non-hydrogen) atoms. The number of rotatable bonds is 4. The Morgan fingerprint density at radius 3 is 2.47 bits per heavy atom. The highest BCUT2D eigenvalue weighted by Gasteiger charge is 2.06. The molecule has 0 saturated carbocycles. The topological polar surface area (TPSA) is 52.3 Å². The Labute approximate surface area is 125 Å². The summed E-state index contributed by atoms with van der Waals surface area (Å²) in [5.41, 5.74) is 8.06. The molecule has 98 valence electrons. The number of carbonyl (C=O) groups excluding carboxylic acids is 1. The van der Waals surface area contributed by atoms with Gasteiger partial charge in [0.15, 0.2) is 0 Å². The van der Waals surface area contributed by atoms with Crippen LogP contribution in [-0.4, -0.2) is 5.91 Å². The normalized spacial score (nSPS) is 10.2. The molecule has 0 aliphatic carbocycles. The quantitative estimate of drug-likeness (QED) is 0.844. The fourth-order valence-electron chi connectivity index (χ4n) is 1.62. The number of nitrogens with two attached hydrogens (primary N) is 1. The zero-order valence-corrected chi connectivity index (χ0v) is 12.7. The summed E-state index contributed by atoms with van der Waals surface area (Å²) in [5, 5.41) is 0. The molecule has 0 fully saturated rings. The summed E-state index contributed by atoms with van der Waals surface area (Å²) >= 11 is 2.13. The summed E-state index contributed by atoms with van der Waals surface area (Å²) in [7, 11) is 0. The van der Waals surface area contributed by atoms with Gasteiger partial charge in [-0.3, -0.25) is 4.79 Å². The zero-order valence-electron chi connectivity index (χ0n) is 10.5. The summed E-state index contributed by atoms with van der Waals surface area (Å²) in [5.74, 6) is 0.328. The predicted octanol–water partition coefficient (Wildman–Crippen LogP) is 3.28. The maximum absolute atomic E-state index is 11.1. The Morgan fingerprint density at radius 1 is 1.21 bits per heavy atom. The average molecular weight is 367 g/mol. The Bertz CT molecular complexity index is 594. The lowest BCUT2D eigenvalue weighted by molar-refractivity contribution is 0.1000. The first kappa shape index (κ1) is 13.9. The maximum atomic E-state index is 11.1. The highest BCUT2D eigenvalue weighted by atomic mass is 127. The van der Waals surface area contributed by atoms with Crippen LogP contribution in [0, 0.1) is 10.5 Å². The SMILES string of the molecule is Cc1ccc(COc2ccc(C(N)=O)cc2I)cc1. The standard InChI is InChI=1S/C15H14INO2/c1-10-2-4-11(5-3-10)9-19-14-7-6-12(15(17)18)8-13(14)16/h2-8H,9H2,1H3,(H2,17,18). The molecule has 2 rings (SSSR count). The molecular weight excluding hydrogens is 353 g/mol. The lowest BCUT2D eigenvalue weighted by Crippen LogP contribution is -2.11. The third kappa shape index (κ3) is 3.70. The van der Waals surface area contributed by atoms with Crippen molar-refractivity contribution in [2.24, 2.45) is 5.73 Å². The number of ether oxygens (including phenoxy) is 1. The number of amides is 1. The first-order valence-corrected chi connectivity index (χ1v) is 6.92. The Balaban J connectivity index is 2.07. The van der Waals surface area contributed by atoms with Gasteiger partial charge in [-0.15, -0.1) is 0 Å². The van der Waals surface area contributed by atoms with E-state index in [2.05, 4.69) is 41.6 Å². The second kappa shape index (κ2) is 6.06. The molecule has 2 aromatic carbocycles. The zero-order chi connectivity index (χ0) is 13.8. The van der Waals surface area contributed by atoms with Crippen LogP contribution in [0.4, 0.5) is 0 Å². The monoisotopic (exact) mass is 367 g/mol. The first-order chi connectivity index (χ1) is 9.06. The molecule has 4 heteroatoms. The lowest BCUT2D eigenvalue weighted by atomic mass is 10.2. The largest absolute Gasteiger partial charge is 0.488 e. The minimum absolute atomic E-state index is 0.428. The van der Waals surface area contributed by atoms with Crippen molar-refractivity contribution < 1.29 is 9.53 Å². The van der Waals surface area contributed by atoms with Crippen LogP contribution >= 0.6 is 22.6 Å². The Hall–Kier alpha value is -1.56. The van der Waals surface area contributed by atoms with Crippen molar-refractivity contribution in [1.82, 2.24) is 0 Å². The minimum atomic E-state index is -0.428. The van der Waals surface area contributed by atoms with E-state index in [0.29, 0.717) is 12.2 Å². The van der Waals surface area contributed by atoms with Crippen LogP contribution in [0.15, 0.2) is 42.5 Å². The van der Waals surface area contributed by atoms with E-state index in [4.69, 9.17) is 10.5 Å².